The Kier molecular flexibility index (Phi) is 4.18. The van der Waals surface area contributed by atoms with E-state index in [0.717, 1.165) is 47.7 Å². The smallest absolute Gasteiger partial charge is 0.251 e. The van der Waals surface area contributed by atoms with Gasteiger partial charge < -0.3 is 10.6 Å². The van der Waals surface area contributed by atoms with Crippen molar-refractivity contribution in [2.75, 3.05) is 18.4 Å². The van der Waals surface area contributed by atoms with Crippen molar-refractivity contribution in [2.24, 2.45) is 17.8 Å². The number of anilines is 1. The van der Waals surface area contributed by atoms with Crippen LogP contribution < -0.4 is 10.6 Å². The summed E-state index contributed by atoms with van der Waals surface area (Å²) in [6, 6.07) is 5.90. The highest BCUT2D eigenvalue weighted by atomic mass is 16.1. The molecule has 3 atom stereocenters. The van der Waals surface area contributed by atoms with E-state index in [1.54, 1.807) is 0 Å². The highest BCUT2D eigenvalue weighted by Gasteiger charge is 2.39. The average molecular weight is 286 g/mol. The Labute approximate surface area is 127 Å². The molecule has 1 aromatic carbocycles. The third kappa shape index (κ3) is 3.07. The standard InChI is InChI=1S/C18H26N2O/c1-3-19-17-7-6-15(8-12(17)2)18(21)20-11-16-10-13-4-5-14(16)9-13/h6-8,13-14,16,19H,3-5,9-11H2,1-2H3,(H,20,21). The van der Waals surface area contributed by atoms with Gasteiger partial charge in [-0.25, -0.2) is 0 Å². The molecule has 1 aromatic rings. The van der Waals surface area contributed by atoms with Crippen LogP contribution in [0.15, 0.2) is 18.2 Å². The van der Waals surface area contributed by atoms with E-state index < -0.39 is 0 Å². The predicted octanol–water partition coefficient (Wildman–Crippen LogP) is 3.59. The number of aryl methyl sites for hydroxylation is 1. The summed E-state index contributed by atoms with van der Waals surface area (Å²) in [7, 11) is 0. The maximum atomic E-state index is 12.3. The van der Waals surface area contributed by atoms with Crippen molar-refractivity contribution in [3.05, 3.63) is 29.3 Å². The van der Waals surface area contributed by atoms with Gasteiger partial charge in [-0.05, 0) is 74.6 Å². The van der Waals surface area contributed by atoms with E-state index in [4.69, 9.17) is 0 Å². The average Bonchev–Trinajstić information content (AvgIpc) is 3.09. The number of carbonyl (C=O) groups excluding carboxylic acids is 1. The number of fused-ring (bicyclic) bond motifs is 2. The molecule has 2 N–H and O–H groups in total. The molecule has 21 heavy (non-hydrogen) atoms. The van der Waals surface area contributed by atoms with Gasteiger partial charge in [0.15, 0.2) is 0 Å². The van der Waals surface area contributed by atoms with Crippen molar-refractivity contribution < 1.29 is 4.79 Å². The molecule has 1 amide bonds. The SMILES string of the molecule is CCNc1ccc(C(=O)NCC2CC3CCC2C3)cc1C. The fourth-order valence-corrected chi connectivity index (χ4v) is 4.15. The lowest BCUT2D eigenvalue weighted by Gasteiger charge is -2.21. The van der Waals surface area contributed by atoms with Gasteiger partial charge >= 0.3 is 0 Å². The van der Waals surface area contributed by atoms with Crippen LogP contribution >= 0.6 is 0 Å². The Balaban J connectivity index is 1.56. The van der Waals surface area contributed by atoms with Crippen molar-refractivity contribution in [3.8, 4) is 0 Å². The molecule has 0 aromatic heterocycles. The second-order valence-electron chi connectivity index (χ2n) is 6.70. The third-order valence-electron chi connectivity index (χ3n) is 5.27. The van der Waals surface area contributed by atoms with Gasteiger partial charge in [0, 0.05) is 24.3 Å². The Morgan fingerprint density at radius 3 is 2.76 bits per heavy atom. The summed E-state index contributed by atoms with van der Waals surface area (Å²) in [6.07, 6.45) is 5.52. The van der Waals surface area contributed by atoms with Gasteiger partial charge in [0.2, 0.25) is 0 Å². The van der Waals surface area contributed by atoms with Crippen molar-refractivity contribution >= 4 is 11.6 Å². The Morgan fingerprint density at radius 2 is 2.14 bits per heavy atom. The molecule has 0 heterocycles. The summed E-state index contributed by atoms with van der Waals surface area (Å²) in [5.74, 6) is 2.60. The maximum Gasteiger partial charge on any atom is 0.251 e. The molecule has 0 aliphatic heterocycles. The number of amides is 1. The van der Waals surface area contributed by atoms with Gasteiger partial charge in [-0.1, -0.05) is 6.42 Å². The minimum Gasteiger partial charge on any atom is -0.385 e. The molecule has 114 valence electrons. The first-order valence-electron chi connectivity index (χ1n) is 8.30. The molecule has 2 aliphatic carbocycles. The van der Waals surface area contributed by atoms with E-state index in [1.165, 1.54) is 25.7 Å². The Bertz CT molecular complexity index is 526. The summed E-state index contributed by atoms with van der Waals surface area (Å²) in [4.78, 5) is 12.3. The lowest BCUT2D eigenvalue weighted by Crippen LogP contribution is -2.31. The molecule has 2 aliphatic rings. The zero-order chi connectivity index (χ0) is 14.8. The zero-order valence-corrected chi connectivity index (χ0v) is 13.1. The third-order valence-corrected chi connectivity index (χ3v) is 5.27. The number of nitrogens with one attached hydrogen (secondary N) is 2. The zero-order valence-electron chi connectivity index (χ0n) is 13.1. The van der Waals surface area contributed by atoms with Gasteiger partial charge in [-0.2, -0.15) is 0 Å². The molecular weight excluding hydrogens is 260 g/mol. The van der Waals surface area contributed by atoms with Crippen molar-refractivity contribution in [2.45, 2.75) is 39.5 Å². The van der Waals surface area contributed by atoms with E-state index in [-0.39, 0.29) is 5.91 Å². The molecular formula is C18H26N2O. The van der Waals surface area contributed by atoms with Gasteiger partial charge in [0.05, 0.1) is 0 Å². The minimum atomic E-state index is 0.0731. The fourth-order valence-electron chi connectivity index (χ4n) is 4.15. The largest absolute Gasteiger partial charge is 0.385 e. The minimum absolute atomic E-state index is 0.0731. The number of rotatable bonds is 5. The van der Waals surface area contributed by atoms with Gasteiger partial charge in [-0.15, -0.1) is 0 Å². The first-order chi connectivity index (χ1) is 10.2. The molecule has 3 heteroatoms. The summed E-state index contributed by atoms with van der Waals surface area (Å²) in [5.41, 5.74) is 3.02. The van der Waals surface area contributed by atoms with Crippen LogP contribution in [0.25, 0.3) is 0 Å². The maximum absolute atomic E-state index is 12.3. The van der Waals surface area contributed by atoms with Crippen LogP contribution in [-0.4, -0.2) is 19.0 Å². The number of benzene rings is 1. The van der Waals surface area contributed by atoms with E-state index in [2.05, 4.69) is 17.6 Å². The monoisotopic (exact) mass is 286 g/mol. The lowest BCUT2D eigenvalue weighted by atomic mass is 9.89. The summed E-state index contributed by atoms with van der Waals surface area (Å²) in [5, 5.41) is 6.45. The van der Waals surface area contributed by atoms with Crippen LogP contribution in [0, 0.1) is 24.7 Å². The van der Waals surface area contributed by atoms with Gasteiger partial charge in [-0.3, -0.25) is 4.79 Å². The molecule has 2 bridgehead atoms. The van der Waals surface area contributed by atoms with Crippen molar-refractivity contribution in [3.63, 3.8) is 0 Å². The first-order valence-corrected chi connectivity index (χ1v) is 8.30. The van der Waals surface area contributed by atoms with Crippen molar-refractivity contribution in [1.29, 1.82) is 0 Å². The quantitative estimate of drug-likeness (QED) is 0.868. The molecule has 0 saturated heterocycles. The van der Waals surface area contributed by atoms with E-state index in [0.29, 0.717) is 0 Å². The van der Waals surface area contributed by atoms with E-state index in [9.17, 15) is 4.79 Å². The van der Waals surface area contributed by atoms with Crippen LogP contribution in [0.4, 0.5) is 5.69 Å². The number of carbonyl (C=O) groups is 1. The van der Waals surface area contributed by atoms with Gasteiger partial charge in [0.1, 0.15) is 0 Å². The number of hydrogen-bond donors (Lipinski definition) is 2. The van der Waals surface area contributed by atoms with Gasteiger partial charge in [0.25, 0.3) is 5.91 Å². The van der Waals surface area contributed by atoms with Crippen LogP contribution in [0.1, 0.15) is 48.5 Å². The van der Waals surface area contributed by atoms with Crippen LogP contribution in [-0.2, 0) is 0 Å². The first kappa shape index (κ1) is 14.4. The highest BCUT2D eigenvalue weighted by molar-refractivity contribution is 5.94. The second-order valence-corrected chi connectivity index (χ2v) is 6.70. The Morgan fingerprint density at radius 1 is 1.29 bits per heavy atom. The normalized spacial score (nSPS) is 26.9. The lowest BCUT2D eigenvalue weighted by molar-refractivity contribution is 0.0941. The Hall–Kier alpha value is -1.51. The summed E-state index contributed by atoms with van der Waals surface area (Å²) < 4.78 is 0. The van der Waals surface area contributed by atoms with Crippen LogP contribution in [0.3, 0.4) is 0 Å². The van der Waals surface area contributed by atoms with E-state index >= 15 is 0 Å². The number of hydrogen-bond acceptors (Lipinski definition) is 2. The molecule has 2 saturated carbocycles. The van der Waals surface area contributed by atoms with Crippen molar-refractivity contribution in [1.82, 2.24) is 5.32 Å². The van der Waals surface area contributed by atoms with Crippen LogP contribution in [0.2, 0.25) is 0 Å². The van der Waals surface area contributed by atoms with E-state index in [1.807, 2.05) is 25.1 Å². The topological polar surface area (TPSA) is 41.1 Å². The molecule has 3 rings (SSSR count). The molecule has 2 fully saturated rings. The molecule has 3 nitrogen and oxygen atoms in total. The molecule has 0 radical (unpaired) electrons. The predicted molar refractivity (Wildman–Crippen MR) is 86.6 cm³/mol. The highest BCUT2D eigenvalue weighted by Crippen LogP contribution is 2.47. The molecule has 0 spiro atoms. The summed E-state index contributed by atoms with van der Waals surface area (Å²) >= 11 is 0. The second kappa shape index (κ2) is 6.08. The molecule has 3 unspecified atom stereocenters. The fraction of sp³-hybridized carbons (Fsp3) is 0.611. The summed E-state index contributed by atoms with van der Waals surface area (Å²) in [6.45, 7) is 5.88. The van der Waals surface area contributed by atoms with Crippen LogP contribution in [0.5, 0.6) is 0 Å².